The number of likely N-dealkylation sites (N-methyl/N-ethyl adjacent to an activating group) is 1. The molecule has 0 aliphatic rings. The van der Waals surface area contributed by atoms with Gasteiger partial charge in [0.2, 0.25) is 5.91 Å². The van der Waals surface area contributed by atoms with E-state index >= 15 is 0 Å². The first kappa shape index (κ1) is 25.1. The van der Waals surface area contributed by atoms with Crippen molar-refractivity contribution < 1.29 is 19.1 Å². The van der Waals surface area contributed by atoms with Crippen molar-refractivity contribution in [2.24, 2.45) is 0 Å². The number of benzene rings is 3. The summed E-state index contributed by atoms with van der Waals surface area (Å²) >= 11 is 6.40. The molecule has 1 atom stereocenters. The average molecular weight is 481 g/mol. The summed E-state index contributed by atoms with van der Waals surface area (Å²) < 4.78 is 11.1. The minimum absolute atomic E-state index is 0.169. The number of ether oxygens (including phenoxy) is 2. The molecule has 0 saturated heterocycles. The molecular formula is C27H29ClN2O4. The summed E-state index contributed by atoms with van der Waals surface area (Å²) in [6, 6.07) is 23.3. The molecule has 2 amide bonds. The zero-order chi connectivity index (χ0) is 24.3. The lowest BCUT2D eigenvalue weighted by atomic mass is 10.0. The van der Waals surface area contributed by atoms with E-state index in [9.17, 15) is 9.59 Å². The number of hydrogen-bond donors (Lipinski definition) is 1. The van der Waals surface area contributed by atoms with Gasteiger partial charge >= 0.3 is 0 Å². The number of hydrogen-bond acceptors (Lipinski definition) is 4. The predicted octanol–water partition coefficient (Wildman–Crippen LogP) is 4.50. The van der Waals surface area contributed by atoms with Crippen molar-refractivity contribution >= 4 is 23.4 Å². The number of para-hydroxylation sites is 2. The molecule has 0 bridgehead atoms. The highest BCUT2D eigenvalue weighted by atomic mass is 35.5. The van der Waals surface area contributed by atoms with Crippen LogP contribution in [0.5, 0.6) is 11.5 Å². The van der Waals surface area contributed by atoms with E-state index in [1.54, 1.807) is 31.4 Å². The van der Waals surface area contributed by atoms with E-state index in [1.165, 1.54) is 4.90 Å². The number of amides is 2. The summed E-state index contributed by atoms with van der Waals surface area (Å²) in [5.74, 6) is 0.410. The highest BCUT2D eigenvalue weighted by Crippen LogP contribution is 2.26. The van der Waals surface area contributed by atoms with Crippen LogP contribution in [0.4, 0.5) is 0 Å². The van der Waals surface area contributed by atoms with Gasteiger partial charge in [-0.1, -0.05) is 72.3 Å². The van der Waals surface area contributed by atoms with Crippen LogP contribution in [0.2, 0.25) is 5.02 Å². The van der Waals surface area contributed by atoms with E-state index < -0.39 is 6.04 Å². The number of nitrogens with one attached hydrogen (secondary N) is 1. The molecule has 0 spiro atoms. The molecule has 7 heteroatoms. The fourth-order valence-electron chi connectivity index (χ4n) is 3.62. The van der Waals surface area contributed by atoms with Crippen LogP contribution in [-0.2, 0) is 22.6 Å². The third-order valence-electron chi connectivity index (χ3n) is 5.34. The van der Waals surface area contributed by atoms with Gasteiger partial charge in [0, 0.05) is 24.5 Å². The molecule has 178 valence electrons. The molecule has 3 aromatic carbocycles. The monoisotopic (exact) mass is 480 g/mol. The van der Waals surface area contributed by atoms with Crippen molar-refractivity contribution in [3.63, 3.8) is 0 Å². The van der Waals surface area contributed by atoms with E-state index in [-0.39, 0.29) is 25.0 Å². The van der Waals surface area contributed by atoms with Crippen molar-refractivity contribution in [1.82, 2.24) is 10.2 Å². The lowest BCUT2D eigenvalue weighted by Crippen LogP contribution is -2.51. The second-order valence-corrected chi connectivity index (χ2v) is 8.06. The average Bonchev–Trinajstić information content (AvgIpc) is 2.86. The van der Waals surface area contributed by atoms with Gasteiger partial charge in [-0.05, 0) is 36.2 Å². The first-order valence-corrected chi connectivity index (χ1v) is 11.5. The van der Waals surface area contributed by atoms with Crippen LogP contribution in [0.1, 0.15) is 18.1 Å². The third-order valence-corrected chi connectivity index (χ3v) is 5.71. The minimum atomic E-state index is -0.743. The molecule has 3 aromatic rings. The Hall–Kier alpha value is -3.51. The predicted molar refractivity (Wildman–Crippen MR) is 133 cm³/mol. The molecule has 0 fully saturated rings. The maximum absolute atomic E-state index is 13.5. The zero-order valence-electron chi connectivity index (χ0n) is 19.4. The van der Waals surface area contributed by atoms with Gasteiger partial charge in [-0.25, -0.2) is 0 Å². The second kappa shape index (κ2) is 12.7. The normalized spacial score (nSPS) is 11.4. The maximum atomic E-state index is 13.5. The Labute approximate surface area is 205 Å². The number of nitrogens with zero attached hydrogens (tertiary/aromatic N) is 1. The molecular weight excluding hydrogens is 452 g/mol. The van der Waals surface area contributed by atoms with Gasteiger partial charge in [-0.3, -0.25) is 9.59 Å². The molecule has 0 saturated carbocycles. The van der Waals surface area contributed by atoms with Gasteiger partial charge in [0.05, 0.1) is 7.11 Å². The standard InChI is InChI=1S/C27H29ClN2O4/c1-3-29-27(32)23(17-20-11-5-4-6-12-20)30(18-21-13-7-8-14-22(21)28)26(31)19-34-25-16-10-9-15-24(25)33-2/h4-16,23H,3,17-19H2,1-2H3,(H,29,32). The summed E-state index contributed by atoms with van der Waals surface area (Å²) in [4.78, 5) is 28.2. The van der Waals surface area contributed by atoms with E-state index in [0.29, 0.717) is 29.5 Å². The van der Waals surface area contributed by atoms with E-state index in [0.717, 1.165) is 11.1 Å². The Balaban J connectivity index is 1.91. The fraction of sp³-hybridized carbons (Fsp3) is 0.259. The quantitative estimate of drug-likeness (QED) is 0.438. The topological polar surface area (TPSA) is 67.9 Å². The van der Waals surface area contributed by atoms with E-state index in [2.05, 4.69) is 5.32 Å². The molecule has 0 radical (unpaired) electrons. The molecule has 1 N–H and O–H groups in total. The number of carbonyl (C=O) groups excluding carboxylic acids is 2. The maximum Gasteiger partial charge on any atom is 0.261 e. The zero-order valence-corrected chi connectivity index (χ0v) is 20.1. The highest BCUT2D eigenvalue weighted by molar-refractivity contribution is 6.31. The Bertz CT molecular complexity index is 1090. The lowest BCUT2D eigenvalue weighted by Gasteiger charge is -2.31. The smallest absolute Gasteiger partial charge is 0.261 e. The van der Waals surface area contributed by atoms with Gasteiger partial charge in [-0.2, -0.15) is 0 Å². The summed E-state index contributed by atoms with van der Waals surface area (Å²) in [5, 5.41) is 3.40. The van der Waals surface area contributed by atoms with Crippen LogP contribution in [0, 0.1) is 0 Å². The first-order chi connectivity index (χ1) is 16.5. The molecule has 3 rings (SSSR count). The van der Waals surface area contributed by atoms with Gasteiger partial charge in [-0.15, -0.1) is 0 Å². The summed E-state index contributed by atoms with van der Waals surface area (Å²) in [6.07, 6.45) is 0.359. The van der Waals surface area contributed by atoms with Crippen LogP contribution in [0.15, 0.2) is 78.9 Å². The van der Waals surface area contributed by atoms with Crippen molar-refractivity contribution in [3.8, 4) is 11.5 Å². The fourth-order valence-corrected chi connectivity index (χ4v) is 3.81. The van der Waals surface area contributed by atoms with Crippen molar-refractivity contribution in [1.29, 1.82) is 0 Å². The molecule has 0 aliphatic carbocycles. The second-order valence-electron chi connectivity index (χ2n) is 7.65. The molecule has 0 heterocycles. The van der Waals surface area contributed by atoms with E-state index in [4.69, 9.17) is 21.1 Å². The van der Waals surface area contributed by atoms with Crippen molar-refractivity contribution in [3.05, 3.63) is 95.0 Å². The minimum Gasteiger partial charge on any atom is -0.493 e. The third kappa shape index (κ3) is 6.75. The Morgan fingerprint density at radius 2 is 1.59 bits per heavy atom. The molecule has 0 aromatic heterocycles. The summed E-state index contributed by atoms with van der Waals surface area (Å²) in [6.45, 7) is 2.22. The number of methoxy groups -OCH3 is 1. The summed E-state index contributed by atoms with van der Waals surface area (Å²) in [7, 11) is 1.54. The van der Waals surface area contributed by atoms with Gasteiger partial charge in [0.25, 0.3) is 5.91 Å². The van der Waals surface area contributed by atoms with Gasteiger partial charge in [0.15, 0.2) is 18.1 Å². The van der Waals surface area contributed by atoms with Gasteiger partial charge < -0.3 is 19.7 Å². The Kier molecular flexibility index (Phi) is 9.35. The Morgan fingerprint density at radius 1 is 0.941 bits per heavy atom. The molecule has 1 unspecified atom stereocenters. The lowest BCUT2D eigenvalue weighted by molar-refractivity contribution is -0.142. The summed E-state index contributed by atoms with van der Waals surface area (Å²) in [5.41, 5.74) is 1.69. The molecule has 6 nitrogen and oxygen atoms in total. The largest absolute Gasteiger partial charge is 0.493 e. The SMILES string of the molecule is CCNC(=O)C(Cc1ccccc1)N(Cc1ccccc1Cl)C(=O)COc1ccccc1OC. The number of carbonyl (C=O) groups is 2. The van der Waals surface area contributed by atoms with E-state index in [1.807, 2.05) is 61.5 Å². The van der Waals surface area contributed by atoms with Crippen LogP contribution >= 0.6 is 11.6 Å². The Morgan fingerprint density at radius 3 is 2.26 bits per heavy atom. The van der Waals surface area contributed by atoms with Crippen molar-refractivity contribution in [2.75, 3.05) is 20.3 Å². The highest BCUT2D eigenvalue weighted by Gasteiger charge is 2.31. The van der Waals surface area contributed by atoms with Crippen molar-refractivity contribution in [2.45, 2.75) is 25.9 Å². The van der Waals surface area contributed by atoms with Gasteiger partial charge in [0.1, 0.15) is 6.04 Å². The van der Waals surface area contributed by atoms with Crippen LogP contribution in [0.25, 0.3) is 0 Å². The molecule has 0 aliphatic heterocycles. The first-order valence-electron chi connectivity index (χ1n) is 11.1. The van der Waals surface area contributed by atoms with Crippen LogP contribution in [-0.4, -0.2) is 43.0 Å². The number of rotatable bonds is 11. The van der Waals surface area contributed by atoms with Crippen LogP contribution in [0.3, 0.4) is 0 Å². The molecule has 34 heavy (non-hydrogen) atoms. The van der Waals surface area contributed by atoms with Crippen LogP contribution < -0.4 is 14.8 Å². The number of halogens is 1.